The fourth-order valence-electron chi connectivity index (χ4n) is 2.31. The van der Waals surface area contributed by atoms with Crippen molar-refractivity contribution in [3.8, 4) is 0 Å². The molecule has 1 aliphatic rings. The van der Waals surface area contributed by atoms with E-state index in [0.717, 1.165) is 18.4 Å². The van der Waals surface area contributed by atoms with Crippen LogP contribution in [0, 0.1) is 6.92 Å². The van der Waals surface area contributed by atoms with Crippen LogP contribution in [-0.2, 0) is 19.4 Å². The smallest absolute Gasteiger partial charge is 0.242 e. The number of rotatable bonds is 4. The van der Waals surface area contributed by atoms with E-state index < -0.39 is 27.5 Å². The molecule has 1 saturated heterocycles. The third-order valence-corrected chi connectivity index (χ3v) is 5.20. The number of aryl methyl sites for hydroxylation is 1. The number of sulfone groups is 1. The van der Waals surface area contributed by atoms with Crippen LogP contribution >= 0.6 is 0 Å². The van der Waals surface area contributed by atoms with Crippen molar-refractivity contribution < 1.29 is 18.0 Å². The van der Waals surface area contributed by atoms with E-state index in [4.69, 9.17) is 0 Å². The van der Waals surface area contributed by atoms with Gasteiger partial charge in [0.15, 0.2) is 9.84 Å². The molecular weight excluding hydrogens is 304 g/mol. The van der Waals surface area contributed by atoms with Gasteiger partial charge < -0.3 is 10.6 Å². The lowest BCUT2D eigenvalue weighted by Crippen LogP contribution is -2.47. The molecule has 120 valence electrons. The number of carbonyl (C=O) groups is 2. The highest BCUT2D eigenvalue weighted by Crippen LogP contribution is 2.12. The molecular formula is C15H20N2O4S. The van der Waals surface area contributed by atoms with Crippen molar-refractivity contribution in [3.63, 3.8) is 0 Å². The number of amides is 2. The van der Waals surface area contributed by atoms with Crippen molar-refractivity contribution in [2.24, 2.45) is 0 Å². The van der Waals surface area contributed by atoms with Crippen LogP contribution in [0.25, 0.3) is 0 Å². The molecule has 2 amide bonds. The quantitative estimate of drug-likeness (QED) is 0.846. The minimum Gasteiger partial charge on any atom is -0.354 e. The summed E-state index contributed by atoms with van der Waals surface area (Å²) in [7, 11) is -3.70. The minimum absolute atomic E-state index is 0.110. The molecule has 1 aromatic carbocycles. The van der Waals surface area contributed by atoms with E-state index in [0.29, 0.717) is 13.0 Å². The fraction of sp³-hybridized carbons (Fsp3) is 0.467. The first-order chi connectivity index (χ1) is 10.4. The molecule has 1 aliphatic heterocycles. The molecule has 0 spiro atoms. The van der Waals surface area contributed by atoms with Crippen LogP contribution in [0.5, 0.6) is 0 Å². The first-order valence-corrected chi connectivity index (χ1v) is 8.90. The third-order valence-electron chi connectivity index (χ3n) is 3.57. The Kier molecular flexibility index (Phi) is 5.18. The number of carbonyl (C=O) groups excluding carboxylic acids is 2. The second-order valence-corrected chi connectivity index (χ2v) is 7.47. The molecule has 2 N–H and O–H groups in total. The molecule has 0 saturated carbocycles. The van der Waals surface area contributed by atoms with Crippen molar-refractivity contribution in [1.29, 1.82) is 0 Å². The molecule has 0 bridgehead atoms. The fourth-order valence-corrected chi connectivity index (χ4v) is 3.46. The van der Waals surface area contributed by atoms with Gasteiger partial charge in [-0.25, -0.2) is 8.42 Å². The molecule has 1 atom stereocenters. The van der Waals surface area contributed by atoms with Crippen molar-refractivity contribution >= 4 is 21.7 Å². The van der Waals surface area contributed by atoms with Crippen LogP contribution in [0.2, 0.25) is 0 Å². The van der Waals surface area contributed by atoms with Gasteiger partial charge in [-0.3, -0.25) is 9.59 Å². The Morgan fingerprint density at radius 3 is 2.64 bits per heavy atom. The molecule has 0 radical (unpaired) electrons. The summed E-state index contributed by atoms with van der Waals surface area (Å²) in [4.78, 5) is 23.8. The summed E-state index contributed by atoms with van der Waals surface area (Å²) in [5.41, 5.74) is 0.943. The Labute approximate surface area is 130 Å². The Hall–Kier alpha value is -1.89. The van der Waals surface area contributed by atoms with E-state index in [-0.39, 0.29) is 10.8 Å². The van der Waals surface area contributed by atoms with Crippen LogP contribution in [0.3, 0.4) is 0 Å². The first-order valence-electron chi connectivity index (χ1n) is 7.25. The third kappa shape index (κ3) is 4.30. The molecule has 6 nitrogen and oxygen atoms in total. The Bertz CT molecular complexity index is 653. The topological polar surface area (TPSA) is 92.3 Å². The average molecular weight is 324 g/mol. The number of benzene rings is 1. The molecule has 0 aliphatic carbocycles. The highest BCUT2D eigenvalue weighted by molar-refractivity contribution is 7.92. The molecule has 1 heterocycles. The van der Waals surface area contributed by atoms with Crippen molar-refractivity contribution in [3.05, 3.63) is 29.8 Å². The Morgan fingerprint density at radius 1 is 1.27 bits per heavy atom. The summed E-state index contributed by atoms with van der Waals surface area (Å²) in [5.74, 6) is -1.55. The van der Waals surface area contributed by atoms with Crippen LogP contribution in [-0.4, -0.2) is 38.6 Å². The average Bonchev–Trinajstić information content (AvgIpc) is 2.64. The zero-order valence-corrected chi connectivity index (χ0v) is 13.3. The van der Waals surface area contributed by atoms with E-state index in [1.54, 1.807) is 12.1 Å². The van der Waals surface area contributed by atoms with Crippen LogP contribution in [0.4, 0.5) is 0 Å². The second kappa shape index (κ2) is 6.91. The first kappa shape index (κ1) is 16.5. The lowest BCUT2D eigenvalue weighted by molar-refractivity contribution is -0.127. The summed E-state index contributed by atoms with van der Waals surface area (Å²) in [5, 5.41) is 5.21. The number of hydrogen-bond donors (Lipinski definition) is 2. The normalized spacial score (nSPS) is 19.1. The lowest BCUT2D eigenvalue weighted by Gasteiger charge is -2.15. The van der Waals surface area contributed by atoms with Crippen LogP contribution < -0.4 is 10.6 Å². The maximum Gasteiger partial charge on any atom is 0.242 e. The minimum atomic E-state index is -3.70. The monoisotopic (exact) mass is 324 g/mol. The summed E-state index contributed by atoms with van der Waals surface area (Å²) in [6.07, 6.45) is 2.20. The molecule has 1 fully saturated rings. The second-order valence-electron chi connectivity index (χ2n) is 5.48. The molecule has 2 rings (SSSR count). The standard InChI is InChI=1S/C15H20N2O4S/c1-11-5-7-12(8-6-11)22(20,21)10-14(18)17-13-4-2-3-9-16-15(13)19/h5-8,13H,2-4,9-10H2,1H3,(H,16,19)(H,17,18)/t13-/m1/s1. The zero-order valence-electron chi connectivity index (χ0n) is 12.5. The number of nitrogens with one attached hydrogen (secondary N) is 2. The molecule has 1 aromatic rings. The maximum atomic E-state index is 12.2. The van der Waals surface area contributed by atoms with Gasteiger partial charge in [0.2, 0.25) is 11.8 Å². The van der Waals surface area contributed by atoms with E-state index in [1.807, 2.05) is 6.92 Å². The predicted octanol–water partition coefficient (Wildman–Crippen LogP) is 0.554. The van der Waals surface area contributed by atoms with Gasteiger partial charge in [0.25, 0.3) is 0 Å². The van der Waals surface area contributed by atoms with Gasteiger partial charge in [-0.15, -0.1) is 0 Å². The maximum absolute atomic E-state index is 12.2. The van der Waals surface area contributed by atoms with Gasteiger partial charge >= 0.3 is 0 Å². The highest BCUT2D eigenvalue weighted by atomic mass is 32.2. The van der Waals surface area contributed by atoms with Gasteiger partial charge in [0.1, 0.15) is 11.8 Å². The number of hydrogen-bond acceptors (Lipinski definition) is 4. The van der Waals surface area contributed by atoms with Crippen LogP contribution in [0.15, 0.2) is 29.2 Å². The highest BCUT2D eigenvalue weighted by Gasteiger charge is 2.25. The lowest BCUT2D eigenvalue weighted by atomic mass is 10.1. The summed E-state index contributed by atoms with van der Waals surface area (Å²) < 4.78 is 24.4. The molecule has 0 aromatic heterocycles. The SMILES string of the molecule is Cc1ccc(S(=O)(=O)CC(=O)N[C@@H]2CCCCNC2=O)cc1. The van der Waals surface area contributed by atoms with E-state index in [1.165, 1.54) is 12.1 Å². The van der Waals surface area contributed by atoms with Gasteiger partial charge in [-0.1, -0.05) is 17.7 Å². The largest absolute Gasteiger partial charge is 0.354 e. The van der Waals surface area contributed by atoms with E-state index in [9.17, 15) is 18.0 Å². The van der Waals surface area contributed by atoms with Crippen molar-refractivity contribution in [2.75, 3.05) is 12.3 Å². The molecule has 0 unspecified atom stereocenters. The van der Waals surface area contributed by atoms with E-state index in [2.05, 4.69) is 10.6 Å². The van der Waals surface area contributed by atoms with Gasteiger partial charge in [0.05, 0.1) is 4.90 Å². The van der Waals surface area contributed by atoms with E-state index >= 15 is 0 Å². The molecule has 7 heteroatoms. The molecule has 22 heavy (non-hydrogen) atoms. The Morgan fingerprint density at radius 2 is 1.95 bits per heavy atom. The predicted molar refractivity (Wildman–Crippen MR) is 82.0 cm³/mol. The Balaban J connectivity index is 2.01. The van der Waals surface area contributed by atoms with Gasteiger partial charge in [-0.2, -0.15) is 0 Å². The zero-order chi connectivity index (χ0) is 16.2. The summed E-state index contributed by atoms with van der Waals surface area (Å²) in [6.45, 7) is 2.45. The van der Waals surface area contributed by atoms with Gasteiger partial charge in [0, 0.05) is 6.54 Å². The van der Waals surface area contributed by atoms with Gasteiger partial charge in [-0.05, 0) is 38.3 Å². The van der Waals surface area contributed by atoms with Crippen LogP contribution in [0.1, 0.15) is 24.8 Å². The summed E-state index contributed by atoms with van der Waals surface area (Å²) in [6, 6.07) is 5.68. The summed E-state index contributed by atoms with van der Waals surface area (Å²) >= 11 is 0. The van der Waals surface area contributed by atoms with Crippen molar-refractivity contribution in [1.82, 2.24) is 10.6 Å². The van der Waals surface area contributed by atoms with Crippen molar-refractivity contribution in [2.45, 2.75) is 37.1 Å².